The van der Waals surface area contributed by atoms with E-state index in [1.165, 1.54) is 6.07 Å². The topological polar surface area (TPSA) is 75.0 Å². The van der Waals surface area contributed by atoms with Crippen LogP contribution in [-0.4, -0.2) is 24.6 Å². The molecular weight excluding hydrogens is 230 g/mol. The number of pyridine rings is 1. The number of anilines is 1. The van der Waals surface area contributed by atoms with Gasteiger partial charge in [-0.2, -0.15) is 5.26 Å². The van der Waals surface area contributed by atoms with Crippen LogP contribution in [0.5, 0.6) is 0 Å². The number of nitrogens with one attached hydrogen (secondary N) is 1. The molecule has 6 heteroatoms. The molecule has 0 spiro atoms. The van der Waals surface area contributed by atoms with Crippen LogP contribution in [0.3, 0.4) is 0 Å². The monoisotopic (exact) mass is 239 g/mol. The lowest BCUT2D eigenvalue weighted by Gasteiger charge is -2.08. The van der Waals surface area contributed by atoms with Crippen molar-refractivity contribution in [2.45, 2.75) is 6.92 Å². The van der Waals surface area contributed by atoms with E-state index in [0.717, 1.165) is 0 Å². The van der Waals surface area contributed by atoms with Gasteiger partial charge in [0, 0.05) is 7.05 Å². The zero-order valence-electron chi connectivity index (χ0n) is 8.87. The predicted octanol–water partition coefficient (Wildman–Crippen LogP) is 1.83. The van der Waals surface area contributed by atoms with Crippen LogP contribution in [0.25, 0.3) is 0 Å². The van der Waals surface area contributed by atoms with E-state index in [0.29, 0.717) is 5.82 Å². The SMILES string of the molecule is CCOC(=O)c1cc(C#N)c(Cl)nc1NC. The number of ether oxygens (including phenoxy) is 1. The highest BCUT2D eigenvalue weighted by molar-refractivity contribution is 6.30. The first kappa shape index (κ1) is 12.3. The molecule has 0 aromatic carbocycles. The second-order valence-corrected chi connectivity index (χ2v) is 3.16. The molecule has 1 rings (SSSR count). The second-order valence-electron chi connectivity index (χ2n) is 2.81. The maximum absolute atomic E-state index is 11.5. The number of aromatic nitrogens is 1. The summed E-state index contributed by atoms with van der Waals surface area (Å²) in [6.45, 7) is 1.96. The van der Waals surface area contributed by atoms with Crippen molar-refractivity contribution in [2.24, 2.45) is 0 Å². The fourth-order valence-corrected chi connectivity index (χ4v) is 1.31. The fraction of sp³-hybridized carbons (Fsp3) is 0.300. The Hall–Kier alpha value is -1.80. The number of nitriles is 1. The predicted molar refractivity (Wildman–Crippen MR) is 59.5 cm³/mol. The van der Waals surface area contributed by atoms with Gasteiger partial charge in [-0.25, -0.2) is 9.78 Å². The second kappa shape index (κ2) is 5.33. The summed E-state index contributed by atoms with van der Waals surface area (Å²) in [6.07, 6.45) is 0. The third-order valence-corrected chi connectivity index (χ3v) is 2.12. The van der Waals surface area contributed by atoms with Gasteiger partial charge in [-0.1, -0.05) is 11.6 Å². The Morgan fingerprint density at radius 1 is 1.75 bits per heavy atom. The van der Waals surface area contributed by atoms with Crippen LogP contribution in [0.4, 0.5) is 5.82 Å². The van der Waals surface area contributed by atoms with E-state index in [2.05, 4.69) is 10.3 Å². The van der Waals surface area contributed by atoms with E-state index < -0.39 is 5.97 Å². The summed E-state index contributed by atoms with van der Waals surface area (Å²) in [7, 11) is 1.60. The lowest BCUT2D eigenvalue weighted by atomic mass is 10.2. The van der Waals surface area contributed by atoms with Crippen molar-refractivity contribution < 1.29 is 9.53 Å². The van der Waals surface area contributed by atoms with E-state index in [4.69, 9.17) is 21.6 Å². The van der Waals surface area contributed by atoms with E-state index >= 15 is 0 Å². The van der Waals surface area contributed by atoms with E-state index in [1.54, 1.807) is 14.0 Å². The van der Waals surface area contributed by atoms with Crippen molar-refractivity contribution in [2.75, 3.05) is 19.0 Å². The Kier molecular flexibility index (Phi) is 4.09. The minimum absolute atomic E-state index is 0.0555. The van der Waals surface area contributed by atoms with Gasteiger partial charge in [0.05, 0.1) is 12.2 Å². The number of carbonyl (C=O) groups excluding carboxylic acids is 1. The molecule has 5 nitrogen and oxygen atoms in total. The van der Waals surface area contributed by atoms with E-state index in [-0.39, 0.29) is 22.9 Å². The van der Waals surface area contributed by atoms with Gasteiger partial charge < -0.3 is 10.1 Å². The third kappa shape index (κ3) is 2.41. The molecule has 0 unspecified atom stereocenters. The number of halogens is 1. The Balaban J connectivity index is 3.26. The minimum Gasteiger partial charge on any atom is -0.462 e. The van der Waals surface area contributed by atoms with Gasteiger partial charge >= 0.3 is 5.97 Å². The number of hydrogen-bond donors (Lipinski definition) is 1. The molecule has 0 aliphatic heterocycles. The molecule has 0 fully saturated rings. The molecule has 1 aromatic rings. The first-order chi connectivity index (χ1) is 7.63. The molecule has 0 radical (unpaired) electrons. The van der Waals surface area contributed by atoms with Crippen molar-refractivity contribution in [3.63, 3.8) is 0 Å². The normalized spacial score (nSPS) is 9.38. The molecular formula is C10H10ClN3O2. The van der Waals surface area contributed by atoms with Crippen LogP contribution >= 0.6 is 11.6 Å². The number of nitrogens with zero attached hydrogens (tertiary/aromatic N) is 2. The summed E-state index contributed by atoms with van der Waals surface area (Å²) < 4.78 is 4.84. The smallest absolute Gasteiger partial charge is 0.341 e. The summed E-state index contributed by atoms with van der Waals surface area (Å²) >= 11 is 5.74. The highest BCUT2D eigenvalue weighted by Crippen LogP contribution is 2.21. The number of rotatable bonds is 3. The average molecular weight is 240 g/mol. The molecule has 84 valence electrons. The van der Waals surface area contributed by atoms with Crippen LogP contribution in [-0.2, 0) is 4.74 Å². The summed E-state index contributed by atoms with van der Waals surface area (Å²) in [4.78, 5) is 15.4. The van der Waals surface area contributed by atoms with Crippen molar-refractivity contribution in [3.8, 4) is 6.07 Å². The highest BCUT2D eigenvalue weighted by atomic mass is 35.5. The van der Waals surface area contributed by atoms with E-state index in [9.17, 15) is 4.79 Å². The molecule has 0 atom stereocenters. The molecule has 0 bridgehead atoms. The summed E-state index contributed by atoms with van der Waals surface area (Å²) in [5.41, 5.74) is 0.342. The summed E-state index contributed by atoms with van der Waals surface area (Å²) in [6, 6.07) is 3.21. The zero-order valence-corrected chi connectivity index (χ0v) is 9.63. The van der Waals surface area contributed by atoms with Crippen molar-refractivity contribution >= 4 is 23.4 Å². The van der Waals surface area contributed by atoms with Crippen molar-refractivity contribution in [3.05, 3.63) is 22.3 Å². The average Bonchev–Trinajstić information content (AvgIpc) is 2.28. The van der Waals surface area contributed by atoms with Crippen molar-refractivity contribution in [1.82, 2.24) is 4.98 Å². The van der Waals surface area contributed by atoms with Crippen LogP contribution < -0.4 is 5.32 Å². The van der Waals surface area contributed by atoms with Gasteiger partial charge in [0.1, 0.15) is 22.6 Å². The number of carbonyl (C=O) groups is 1. The quantitative estimate of drug-likeness (QED) is 0.643. The first-order valence-electron chi connectivity index (χ1n) is 4.59. The molecule has 0 saturated heterocycles. The van der Waals surface area contributed by atoms with Crippen molar-refractivity contribution in [1.29, 1.82) is 5.26 Å². The third-order valence-electron chi connectivity index (χ3n) is 1.83. The van der Waals surface area contributed by atoms with E-state index in [1.807, 2.05) is 6.07 Å². The molecule has 0 aliphatic carbocycles. The lowest BCUT2D eigenvalue weighted by molar-refractivity contribution is 0.0527. The maximum Gasteiger partial charge on any atom is 0.341 e. The Morgan fingerprint density at radius 3 is 2.94 bits per heavy atom. The Bertz CT molecular complexity index is 454. The van der Waals surface area contributed by atoms with Gasteiger partial charge in [-0.05, 0) is 13.0 Å². The number of hydrogen-bond acceptors (Lipinski definition) is 5. The standard InChI is InChI=1S/C10H10ClN3O2/c1-3-16-10(15)7-4-6(5-12)8(11)14-9(7)13-2/h4H,3H2,1-2H3,(H,13,14). The molecule has 1 N–H and O–H groups in total. The Labute approximate surface area is 98.0 Å². The van der Waals surface area contributed by atoms with Gasteiger partial charge in [-0.3, -0.25) is 0 Å². The van der Waals surface area contributed by atoms with Gasteiger partial charge in [0.2, 0.25) is 0 Å². The summed E-state index contributed by atoms with van der Waals surface area (Å²) in [5.74, 6) is -0.241. The van der Waals surface area contributed by atoms with Gasteiger partial charge in [0.15, 0.2) is 0 Å². The van der Waals surface area contributed by atoms with Crippen LogP contribution in [0.1, 0.15) is 22.8 Å². The van der Waals surface area contributed by atoms with Gasteiger partial charge in [-0.15, -0.1) is 0 Å². The fourth-order valence-electron chi connectivity index (χ4n) is 1.12. The molecule has 1 aromatic heterocycles. The minimum atomic E-state index is -0.535. The molecule has 0 aliphatic rings. The van der Waals surface area contributed by atoms with Gasteiger partial charge in [0.25, 0.3) is 0 Å². The number of esters is 1. The first-order valence-corrected chi connectivity index (χ1v) is 4.97. The molecule has 1 heterocycles. The lowest BCUT2D eigenvalue weighted by Crippen LogP contribution is -2.10. The zero-order chi connectivity index (χ0) is 12.1. The Morgan fingerprint density at radius 2 is 2.44 bits per heavy atom. The summed E-state index contributed by atoms with van der Waals surface area (Å²) in [5, 5.41) is 11.5. The largest absolute Gasteiger partial charge is 0.462 e. The van der Waals surface area contributed by atoms with Crippen LogP contribution in [0.15, 0.2) is 6.07 Å². The van der Waals surface area contributed by atoms with Crippen LogP contribution in [0, 0.1) is 11.3 Å². The maximum atomic E-state index is 11.5. The molecule has 0 saturated carbocycles. The van der Waals surface area contributed by atoms with Crippen LogP contribution in [0.2, 0.25) is 5.15 Å². The highest BCUT2D eigenvalue weighted by Gasteiger charge is 2.16. The molecule has 0 amide bonds. The molecule has 16 heavy (non-hydrogen) atoms.